The van der Waals surface area contributed by atoms with Gasteiger partial charge in [0, 0.05) is 24.5 Å². The molecular formula is C15H18N2O. The number of piperidine rings is 1. The van der Waals surface area contributed by atoms with E-state index in [0.29, 0.717) is 13.0 Å². The normalized spacial score (nSPS) is 24.3. The van der Waals surface area contributed by atoms with E-state index in [1.807, 2.05) is 24.4 Å². The van der Waals surface area contributed by atoms with Crippen molar-refractivity contribution >= 4 is 10.9 Å². The first kappa shape index (κ1) is 11.6. The average molecular weight is 242 g/mol. The van der Waals surface area contributed by atoms with Gasteiger partial charge in [-0.25, -0.2) is 0 Å². The van der Waals surface area contributed by atoms with E-state index in [1.54, 1.807) is 0 Å². The van der Waals surface area contributed by atoms with Gasteiger partial charge in [0.05, 0.1) is 11.1 Å². The Bertz CT molecular complexity index is 547. The molecular weight excluding hydrogens is 224 g/mol. The van der Waals surface area contributed by atoms with E-state index in [9.17, 15) is 5.11 Å². The van der Waals surface area contributed by atoms with Gasteiger partial charge in [0.2, 0.25) is 0 Å². The monoisotopic (exact) mass is 242 g/mol. The average Bonchev–Trinajstić information content (AvgIpc) is 2.39. The first-order valence-corrected chi connectivity index (χ1v) is 6.52. The van der Waals surface area contributed by atoms with Crippen LogP contribution in [0.5, 0.6) is 0 Å². The molecule has 3 rings (SSSR count). The number of aromatic nitrogens is 1. The second-order valence-corrected chi connectivity index (χ2v) is 5.22. The van der Waals surface area contributed by atoms with E-state index < -0.39 is 5.60 Å². The number of nitrogens with zero attached hydrogens (tertiary/aromatic N) is 1. The van der Waals surface area contributed by atoms with Crippen molar-refractivity contribution in [1.82, 2.24) is 10.3 Å². The minimum atomic E-state index is -0.609. The number of aliphatic hydroxyl groups is 1. The Balaban J connectivity index is 1.85. The summed E-state index contributed by atoms with van der Waals surface area (Å²) < 4.78 is 0. The maximum Gasteiger partial charge on any atom is 0.0812 e. The molecule has 1 atom stereocenters. The molecule has 2 heterocycles. The van der Waals surface area contributed by atoms with Gasteiger partial charge in [0.15, 0.2) is 0 Å². The third-order valence-electron chi connectivity index (χ3n) is 3.63. The highest BCUT2D eigenvalue weighted by atomic mass is 16.3. The van der Waals surface area contributed by atoms with Gasteiger partial charge in [-0.05, 0) is 37.1 Å². The fraction of sp³-hybridized carbons (Fsp3) is 0.400. The van der Waals surface area contributed by atoms with Crippen molar-refractivity contribution < 1.29 is 5.11 Å². The standard InChI is InChI=1S/C15H18N2O/c18-15(6-3-7-16-11-15)9-12-8-13-4-1-2-5-14(13)17-10-12/h1-2,4-5,8,10,16,18H,3,6-7,9,11H2. The van der Waals surface area contributed by atoms with Crippen molar-refractivity contribution in [3.63, 3.8) is 0 Å². The second-order valence-electron chi connectivity index (χ2n) is 5.22. The van der Waals surface area contributed by atoms with Gasteiger partial charge in [0.1, 0.15) is 0 Å². The molecule has 0 bridgehead atoms. The number of benzene rings is 1. The molecule has 1 aromatic heterocycles. The molecule has 1 saturated heterocycles. The van der Waals surface area contributed by atoms with E-state index >= 15 is 0 Å². The highest BCUT2D eigenvalue weighted by Gasteiger charge is 2.29. The Hall–Kier alpha value is -1.45. The molecule has 0 amide bonds. The molecule has 3 nitrogen and oxygen atoms in total. The number of β-amino-alcohol motifs (C(OH)–C–C–N with tert-alkyl or cyclic N) is 1. The smallest absolute Gasteiger partial charge is 0.0812 e. The molecule has 18 heavy (non-hydrogen) atoms. The Morgan fingerprint density at radius 1 is 1.33 bits per heavy atom. The van der Waals surface area contributed by atoms with E-state index in [-0.39, 0.29) is 0 Å². The van der Waals surface area contributed by atoms with Gasteiger partial charge in [-0.2, -0.15) is 0 Å². The topological polar surface area (TPSA) is 45.2 Å². The molecule has 1 unspecified atom stereocenters. The highest BCUT2D eigenvalue weighted by molar-refractivity contribution is 5.78. The van der Waals surface area contributed by atoms with Crippen LogP contribution >= 0.6 is 0 Å². The van der Waals surface area contributed by atoms with Crippen LogP contribution in [0.3, 0.4) is 0 Å². The fourth-order valence-electron chi connectivity index (χ4n) is 2.70. The highest BCUT2D eigenvalue weighted by Crippen LogP contribution is 2.22. The van der Waals surface area contributed by atoms with Crippen LogP contribution in [0.2, 0.25) is 0 Å². The molecule has 2 N–H and O–H groups in total. The first-order valence-electron chi connectivity index (χ1n) is 6.52. The van der Waals surface area contributed by atoms with Crippen molar-refractivity contribution in [3.05, 3.63) is 42.1 Å². The van der Waals surface area contributed by atoms with Gasteiger partial charge in [-0.15, -0.1) is 0 Å². The Morgan fingerprint density at radius 2 is 2.22 bits per heavy atom. The zero-order chi connectivity index (χ0) is 12.4. The van der Waals surface area contributed by atoms with Gasteiger partial charge in [-0.1, -0.05) is 18.2 Å². The lowest BCUT2D eigenvalue weighted by Crippen LogP contribution is -2.47. The predicted octanol–water partition coefficient (Wildman–Crippen LogP) is 1.89. The summed E-state index contributed by atoms with van der Waals surface area (Å²) in [5.41, 5.74) is 1.51. The molecule has 0 spiro atoms. The summed E-state index contributed by atoms with van der Waals surface area (Å²) in [5, 5.41) is 14.9. The molecule has 1 aliphatic heterocycles. The fourth-order valence-corrected chi connectivity index (χ4v) is 2.70. The van der Waals surface area contributed by atoms with Crippen LogP contribution < -0.4 is 5.32 Å². The third kappa shape index (κ3) is 2.37. The second kappa shape index (κ2) is 4.67. The Kier molecular flexibility index (Phi) is 3.02. The first-order chi connectivity index (χ1) is 8.75. The Labute approximate surface area is 107 Å². The van der Waals surface area contributed by atoms with Gasteiger partial charge < -0.3 is 10.4 Å². The summed E-state index contributed by atoms with van der Waals surface area (Å²) in [5.74, 6) is 0. The molecule has 0 aliphatic carbocycles. The number of hydrogen-bond donors (Lipinski definition) is 2. The lowest BCUT2D eigenvalue weighted by Gasteiger charge is -2.32. The number of hydrogen-bond acceptors (Lipinski definition) is 3. The molecule has 1 aliphatic rings. The summed E-state index contributed by atoms with van der Waals surface area (Å²) in [6.07, 6.45) is 4.47. The van der Waals surface area contributed by atoms with Crippen molar-refractivity contribution in [2.45, 2.75) is 24.9 Å². The van der Waals surface area contributed by atoms with Crippen LogP contribution in [0.15, 0.2) is 36.5 Å². The summed E-state index contributed by atoms with van der Waals surface area (Å²) in [6.45, 7) is 1.69. The maximum absolute atomic E-state index is 10.5. The quantitative estimate of drug-likeness (QED) is 0.845. The molecule has 1 fully saturated rings. The molecule has 0 saturated carbocycles. The molecule has 0 radical (unpaired) electrons. The van der Waals surface area contributed by atoms with Crippen molar-refractivity contribution in [2.75, 3.05) is 13.1 Å². The van der Waals surface area contributed by atoms with Crippen LogP contribution in [0.4, 0.5) is 0 Å². The van der Waals surface area contributed by atoms with Crippen LogP contribution in [0.1, 0.15) is 18.4 Å². The van der Waals surface area contributed by atoms with Gasteiger partial charge >= 0.3 is 0 Å². The summed E-state index contributed by atoms with van der Waals surface area (Å²) in [7, 11) is 0. The largest absolute Gasteiger partial charge is 0.388 e. The zero-order valence-electron chi connectivity index (χ0n) is 10.4. The van der Waals surface area contributed by atoms with Crippen LogP contribution in [0.25, 0.3) is 10.9 Å². The minimum absolute atomic E-state index is 0.609. The van der Waals surface area contributed by atoms with Gasteiger partial charge in [0.25, 0.3) is 0 Å². The number of para-hydroxylation sites is 1. The van der Waals surface area contributed by atoms with Crippen molar-refractivity contribution in [2.24, 2.45) is 0 Å². The molecule has 3 heteroatoms. The number of nitrogens with one attached hydrogen (secondary N) is 1. The number of fused-ring (bicyclic) bond motifs is 1. The van der Waals surface area contributed by atoms with Crippen LogP contribution in [-0.2, 0) is 6.42 Å². The number of rotatable bonds is 2. The van der Waals surface area contributed by atoms with E-state index in [2.05, 4.69) is 22.4 Å². The van der Waals surface area contributed by atoms with E-state index in [4.69, 9.17) is 0 Å². The van der Waals surface area contributed by atoms with E-state index in [1.165, 1.54) is 0 Å². The Morgan fingerprint density at radius 3 is 3.06 bits per heavy atom. The summed E-state index contributed by atoms with van der Waals surface area (Å²) >= 11 is 0. The van der Waals surface area contributed by atoms with Crippen LogP contribution in [-0.4, -0.2) is 28.8 Å². The molecule has 94 valence electrons. The SMILES string of the molecule is OC1(Cc2cnc3ccccc3c2)CCCNC1. The molecule has 2 aromatic rings. The summed E-state index contributed by atoms with van der Waals surface area (Å²) in [4.78, 5) is 4.45. The zero-order valence-corrected chi connectivity index (χ0v) is 10.4. The minimum Gasteiger partial charge on any atom is -0.388 e. The third-order valence-corrected chi connectivity index (χ3v) is 3.63. The number of pyridine rings is 1. The van der Waals surface area contributed by atoms with Crippen molar-refractivity contribution in [1.29, 1.82) is 0 Å². The lowest BCUT2D eigenvalue weighted by atomic mass is 9.88. The van der Waals surface area contributed by atoms with Gasteiger partial charge in [-0.3, -0.25) is 4.98 Å². The summed E-state index contributed by atoms with van der Waals surface area (Å²) in [6, 6.07) is 10.2. The van der Waals surface area contributed by atoms with Crippen molar-refractivity contribution in [3.8, 4) is 0 Å². The predicted molar refractivity (Wildman–Crippen MR) is 72.5 cm³/mol. The lowest BCUT2D eigenvalue weighted by molar-refractivity contribution is 0.0169. The molecule has 1 aromatic carbocycles. The van der Waals surface area contributed by atoms with E-state index in [0.717, 1.165) is 35.9 Å². The van der Waals surface area contributed by atoms with Crippen LogP contribution in [0, 0.1) is 0 Å². The maximum atomic E-state index is 10.5.